The first-order valence-electron chi connectivity index (χ1n) is 9.06. The van der Waals surface area contributed by atoms with Gasteiger partial charge in [-0.3, -0.25) is 9.10 Å². The molecule has 158 valence electrons. The van der Waals surface area contributed by atoms with Gasteiger partial charge in [0.1, 0.15) is 12.4 Å². The quantitative estimate of drug-likeness (QED) is 0.549. The number of carbonyl (C=O) groups is 1. The van der Waals surface area contributed by atoms with Crippen molar-refractivity contribution in [3.63, 3.8) is 0 Å². The highest BCUT2D eigenvalue weighted by Gasteiger charge is 2.20. The Morgan fingerprint density at radius 1 is 1.21 bits per heavy atom. The van der Waals surface area contributed by atoms with Gasteiger partial charge >= 0.3 is 0 Å². The third-order valence-electron chi connectivity index (χ3n) is 4.20. The molecule has 0 radical (unpaired) electrons. The first-order chi connectivity index (χ1) is 13.7. The molecule has 2 aromatic carbocycles. The second-order valence-corrected chi connectivity index (χ2v) is 9.81. The van der Waals surface area contributed by atoms with Crippen molar-refractivity contribution < 1.29 is 17.6 Å². The van der Waals surface area contributed by atoms with Gasteiger partial charge in [-0.25, -0.2) is 12.8 Å². The van der Waals surface area contributed by atoms with Crippen LogP contribution in [0.5, 0.6) is 0 Å². The maximum absolute atomic E-state index is 13.7. The van der Waals surface area contributed by atoms with Gasteiger partial charge in [0, 0.05) is 28.6 Å². The van der Waals surface area contributed by atoms with Crippen LogP contribution in [-0.4, -0.2) is 39.4 Å². The van der Waals surface area contributed by atoms with E-state index < -0.39 is 15.9 Å². The van der Waals surface area contributed by atoms with Crippen LogP contribution in [0, 0.1) is 5.82 Å². The second-order valence-electron chi connectivity index (χ2n) is 6.39. The molecule has 0 aromatic heterocycles. The number of benzene rings is 2. The number of carbonyl (C=O) groups excluding carboxylic acids is 1. The van der Waals surface area contributed by atoms with E-state index in [2.05, 4.69) is 5.32 Å². The number of anilines is 1. The minimum absolute atomic E-state index is 0.298. The molecule has 5 nitrogen and oxygen atoms in total. The van der Waals surface area contributed by atoms with Crippen molar-refractivity contribution in [3.8, 4) is 0 Å². The molecule has 0 saturated heterocycles. The lowest BCUT2D eigenvalue weighted by Crippen LogP contribution is -2.41. The molecule has 1 amide bonds. The molecule has 0 fully saturated rings. The van der Waals surface area contributed by atoms with Crippen molar-refractivity contribution in [2.75, 3.05) is 29.4 Å². The van der Waals surface area contributed by atoms with E-state index in [0.29, 0.717) is 34.3 Å². The van der Waals surface area contributed by atoms with Crippen LogP contribution >= 0.6 is 23.4 Å². The molecule has 0 unspecified atom stereocenters. The van der Waals surface area contributed by atoms with Gasteiger partial charge in [0.05, 0.1) is 11.9 Å². The highest BCUT2D eigenvalue weighted by atomic mass is 35.5. The number of hydrogen-bond donors (Lipinski definition) is 1. The summed E-state index contributed by atoms with van der Waals surface area (Å²) >= 11 is 7.42. The van der Waals surface area contributed by atoms with Crippen LogP contribution in [0.15, 0.2) is 42.5 Å². The molecule has 0 bridgehead atoms. The van der Waals surface area contributed by atoms with E-state index in [1.54, 1.807) is 24.3 Å². The van der Waals surface area contributed by atoms with Gasteiger partial charge in [0.2, 0.25) is 15.9 Å². The Balaban J connectivity index is 1.85. The van der Waals surface area contributed by atoms with E-state index >= 15 is 0 Å². The van der Waals surface area contributed by atoms with Crippen LogP contribution in [-0.2, 0) is 27.0 Å². The van der Waals surface area contributed by atoms with Crippen molar-refractivity contribution in [2.24, 2.45) is 0 Å². The third-order valence-corrected chi connectivity index (χ3v) is 6.68. The molecule has 1 N–H and O–H groups in total. The Morgan fingerprint density at radius 3 is 2.48 bits per heavy atom. The van der Waals surface area contributed by atoms with Gasteiger partial charge in [-0.15, -0.1) is 0 Å². The van der Waals surface area contributed by atoms with Crippen molar-refractivity contribution in [2.45, 2.75) is 19.1 Å². The van der Waals surface area contributed by atoms with Gasteiger partial charge in [0.15, 0.2) is 0 Å². The summed E-state index contributed by atoms with van der Waals surface area (Å²) in [6.45, 7) is 2.05. The van der Waals surface area contributed by atoms with Crippen molar-refractivity contribution >= 4 is 45.0 Å². The van der Waals surface area contributed by atoms with Crippen LogP contribution in [0.2, 0.25) is 5.02 Å². The number of halogens is 2. The van der Waals surface area contributed by atoms with Crippen LogP contribution < -0.4 is 9.62 Å². The van der Waals surface area contributed by atoms with E-state index in [0.717, 1.165) is 22.5 Å². The Hall–Kier alpha value is -1.77. The average Bonchev–Trinajstić information content (AvgIpc) is 2.67. The summed E-state index contributed by atoms with van der Waals surface area (Å²) in [7, 11) is -3.60. The van der Waals surface area contributed by atoms with E-state index in [1.165, 1.54) is 17.8 Å². The summed E-state index contributed by atoms with van der Waals surface area (Å²) in [5.74, 6) is 0.174. The first-order valence-corrected chi connectivity index (χ1v) is 12.4. The molecule has 0 aliphatic rings. The third kappa shape index (κ3) is 7.21. The molecular formula is C20H24ClFN2O3S2. The number of nitrogens with zero attached hydrogens (tertiary/aromatic N) is 1. The molecule has 0 heterocycles. The zero-order valence-electron chi connectivity index (χ0n) is 16.3. The topological polar surface area (TPSA) is 66.5 Å². The largest absolute Gasteiger partial charge is 0.354 e. The SMILES string of the molecule is CCc1ccc(N(CC(=O)NCCSCc2c(F)cccc2Cl)S(C)(=O)=O)cc1. The molecule has 0 aliphatic carbocycles. The lowest BCUT2D eigenvalue weighted by molar-refractivity contribution is -0.119. The Morgan fingerprint density at radius 2 is 1.90 bits per heavy atom. The highest BCUT2D eigenvalue weighted by Crippen LogP contribution is 2.23. The monoisotopic (exact) mass is 458 g/mol. The fraction of sp³-hybridized carbons (Fsp3) is 0.350. The average molecular weight is 459 g/mol. The van der Waals surface area contributed by atoms with E-state index in [9.17, 15) is 17.6 Å². The summed E-state index contributed by atoms with van der Waals surface area (Å²) in [6, 6.07) is 11.6. The zero-order chi connectivity index (χ0) is 21.4. The number of rotatable bonds is 10. The molecule has 2 aromatic rings. The molecule has 0 atom stereocenters. The summed E-state index contributed by atoms with van der Waals surface area (Å²) in [6.07, 6.45) is 1.91. The Kier molecular flexibility index (Phi) is 8.79. The van der Waals surface area contributed by atoms with Gasteiger partial charge < -0.3 is 5.32 Å². The number of hydrogen-bond acceptors (Lipinski definition) is 4. The molecule has 0 aliphatic heterocycles. The number of aryl methyl sites for hydroxylation is 1. The van der Waals surface area contributed by atoms with E-state index in [1.807, 2.05) is 19.1 Å². The van der Waals surface area contributed by atoms with Crippen LogP contribution in [0.1, 0.15) is 18.1 Å². The fourth-order valence-corrected chi connectivity index (χ4v) is 4.65. The normalized spacial score (nSPS) is 11.3. The first kappa shape index (κ1) is 23.5. The minimum Gasteiger partial charge on any atom is -0.354 e. The number of sulfonamides is 1. The van der Waals surface area contributed by atoms with Crippen molar-refractivity contribution in [1.29, 1.82) is 0 Å². The zero-order valence-corrected chi connectivity index (χ0v) is 18.7. The Labute approximate surface area is 180 Å². The van der Waals surface area contributed by atoms with E-state index in [-0.39, 0.29) is 12.4 Å². The lowest BCUT2D eigenvalue weighted by Gasteiger charge is -2.22. The Bertz CT molecular complexity index is 917. The van der Waals surface area contributed by atoms with Crippen LogP contribution in [0.3, 0.4) is 0 Å². The maximum Gasteiger partial charge on any atom is 0.240 e. The molecule has 9 heteroatoms. The predicted octanol–water partition coefficient (Wildman–Crippen LogP) is 3.86. The molecule has 29 heavy (non-hydrogen) atoms. The minimum atomic E-state index is -3.60. The van der Waals surface area contributed by atoms with Gasteiger partial charge in [-0.1, -0.05) is 36.7 Å². The number of thioether (sulfide) groups is 1. The predicted molar refractivity (Wildman–Crippen MR) is 119 cm³/mol. The van der Waals surface area contributed by atoms with E-state index in [4.69, 9.17) is 11.6 Å². The number of nitrogens with one attached hydrogen (secondary N) is 1. The van der Waals surface area contributed by atoms with Gasteiger partial charge in [0.25, 0.3) is 0 Å². The maximum atomic E-state index is 13.7. The molecule has 2 rings (SSSR count). The molecular weight excluding hydrogens is 435 g/mol. The summed E-state index contributed by atoms with van der Waals surface area (Å²) in [5, 5.41) is 3.07. The molecule has 0 saturated carbocycles. The summed E-state index contributed by atoms with van der Waals surface area (Å²) in [4.78, 5) is 12.2. The number of amides is 1. The van der Waals surface area contributed by atoms with Crippen molar-refractivity contribution in [1.82, 2.24) is 5.32 Å². The summed E-state index contributed by atoms with van der Waals surface area (Å²) in [5.41, 5.74) is 1.96. The highest BCUT2D eigenvalue weighted by molar-refractivity contribution is 7.98. The van der Waals surface area contributed by atoms with Gasteiger partial charge in [-0.2, -0.15) is 11.8 Å². The van der Waals surface area contributed by atoms with Crippen LogP contribution in [0.4, 0.5) is 10.1 Å². The smallest absolute Gasteiger partial charge is 0.240 e. The second kappa shape index (κ2) is 10.8. The standard InChI is InChI=1S/C20H24ClFN2O3S2/c1-3-15-7-9-16(10-8-15)24(29(2,26)27)13-20(25)23-11-12-28-14-17-18(21)5-4-6-19(17)22/h4-10H,3,11-14H2,1-2H3,(H,23,25). The summed E-state index contributed by atoms with van der Waals surface area (Å²) < 4.78 is 39.0. The fourth-order valence-electron chi connectivity index (χ4n) is 2.59. The van der Waals surface area contributed by atoms with Crippen molar-refractivity contribution in [3.05, 3.63) is 64.4 Å². The van der Waals surface area contributed by atoms with Crippen LogP contribution in [0.25, 0.3) is 0 Å². The lowest BCUT2D eigenvalue weighted by atomic mass is 10.1. The van der Waals surface area contributed by atoms with Gasteiger partial charge in [-0.05, 0) is 36.2 Å². The molecule has 0 spiro atoms.